The molecule has 0 aliphatic carbocycles. The maximum Gasteiger partial charge on any atom is 0.131 e. The van der Waals surface area contributed by atoms with Crippen LogP contribution in [0.15, 0.2) is 0 Å². The van der Waals surface area contributed by atoms with Crippen molar-refractivity contribution >= 4 is 5.82 Å². The van der Waals surface area contributed by atoms with Crippen LogP contribution >= 0.6 is 0 Å². The molecule has 1 aromatic heterocycles. The van der Waals surface area contributed by atoms with Crippen LogP contribution in [0.3, 0.4) is 0 Å². The predicted octanol–water partition coefficient (Wildman–Crippen LogP) is 2.07. The van der Waals surface area contributed by atoms with Gasteiger partial charge in [-0.25, -0.2) is 0 Å². The van der Waals surface area contributed by atoms with E-state index in [9.17, 15) is 0 Å². The molecule has 98 valence electrons. The molecular weight excluding hydrogens is 212 g/mol. The lowest BCUT2D eigenvalue weighted by Crippen LogP contribution is -2.26. The van der Waals surface area contributed by atoms with Crippen LogP contribution in [0.25, 0.3) is 0 Å². The van der Waals surface area contributed by atoms with Crippen LogP contribution in [0.2, 0.25) is 0 Å². The molecule has 0 amide bonds. The van der Waals surface area contributed by atoms with Crippen molar-refractivity contribution in [1.82, 2.24) is 15.1 Å². The zero-order valence-electron chi connectivity index (χ0n) is 12.0. The van der Waals surface area contributed by atoms with E-state index >= 15 is 0 Å². The monoisotopic (exact) mass is 238 g/mol. The number of aryl methyl sites for hydroxylation is 2. The van der Waals surface area contributed by atoms with Gasteiger partial charge in [-0.1, -0.05) is 20.8 Å². The van der Waals surface area contributed by atoms with Crippen LogP contribution < -0.4 is 10.2 Å². The Morgan fingerprint density at radius 3 is 2.59 bits per heavy atom. The lowest BCUT2D eigenvalue weighted by Gasteiger charge is -2.21. The van der Waals surface area contributed by atoms with E-state index in [0.717, 1.165) is 25.2 Å². The Kier molecular flexibility index (Phi) is 5.00. The molecule has 4 heteroatoms. The lowest BCUT2D eigenvalue weighted by atomic mass is 10.2. The quantitative estimate of drug-likeness (QED) is 0.823. The second-order valence-electron chi connectivity index (χ2n) is 4.97. The van der Waals surface area contributed by atoms with Crippen LogP contribution in [0, 0.1) is 6.92 Å². The number of nitrogens with zero attached hydrogens (tertiary/aromatic N) is 3. The highest BCUT2D eigenvalue weighted by Gasteiger charge is 2.16. The average molecular weight is 238 g/mol. The second-order valence-corrected chi connectivity index (χ2v) is 4.97. The van der Waals surface area contributed by atoms with Crippen LogP contribution in [0.5, 0.6) is 0 Å². The molecule has 0 bridgehead atoms. The number of rotatable bonds is 6. The Morgan fingerprint density at radius 2 is 2.06 bits per heavy atom. The molecule has 1 rings (SSSR count). The third kappa shape index (κ3) is 3.46. The van der Waals surface area contributed by atoms with Crippen molar-refractivity contribution in [3.63, 3.8) is 0 Å². The molecule has 4 nitrogen and oxygen atoms in total. The van der Waals surface area contributed by atoms with Crippen LogP contribution in [-0.2, 0) is 13.6 Å². The van der Waals surface area contributed by atoms with E-state index in [1.165, 1.54) is 11.4 Å². The van der Waals surface area contributed by atoms with E-state index < -0.39 is 0 Å². The number of hydrogen-bond acceptors (Lipinski definition) is 3. The number of anilines is 1. The zero-order chi connectivity index (χ0) is 13.0. The summed E-state index contributed by atoms with van der Waals surface area (Å²) in [4.78, 5) is 2.29. The molecule has 0 unspecified atom stereocenters. The summed E-state index contributed by atoms with van der Waals surface area (Å²) in [6.07, 6.45) is 1.15. The van der Waals surface area contributed by atoms with E-state index in [1.807, 2.05) is 11.7 Å². The lowest BCUT2D eigenvalue weighted by molar-refractivity contribution is 0.586. The first kappa shape index (κ1) is 14.0. The SMILES string of the molecule is CCCN(C)c1c(CNC(C)C)c(C)nn1C. The van der Waals surface area contributed by atoms with Gasteiger partial charge in [0, 0.05) is 38.8 Å². The third-order valence-corrected chi connectivity index (χ3v) is 2.92. The van der Waals surface area contributed by atoms with Gasteiger partial charge in [0.05, 0.1) is 5.69 Å². The van der Waals surface area contributed by atoms with Crippen molar-refractivity contribution in [3.05, 3.63) is 11.3 Å². The minimum atomic E-state index is 0.499. The molecule has 0 spiro atoms. The fraction of sp³-hybridized carbons (Fsp3) is 0.769. The predicted molar refractivity (Wildman–Crippen MR) is 73.5 cm³/mol. The Labute approximate surface area is 105 Å². The first-order valence-electron chi connectivity index (χ1n) is 6.44. The fourth-order valence-corrected chi connectivity index (χ4v) is 2.12. The Morgan fingerprint density at radius 1 is 1.41 bits per heavy atom. The fourth-order valence-electron chi connectivity index (χ4n) is 2.12. The zero-order valence-corrected chi connectivity index (χ0v) is 12.0. The van der Waals surface area contributed by atoms with Gasteiger partial charge in [0.2, 0.25) is 0 Å². The molecule has 1 N–H and O–H groups in total. The van der Waals surface area contributed by atoms with Gasteiger partial charge < -0.3 is 10.2 Å². The van der Waals surface area contributed by atoms with Crippen LogP contribution in [-0.4, -0.2) is 29.4 Å². The highest BCUT2D eigenvalue weighted by molar-refractivity contribution is 5.49. The van der Waals surface area contributed by atoms with E-state index in [4.69, 9.17) is 0 Å². The van der Waals surface area contributed by atoms with Gasteiger partial charge in [-0.3, -0.25) is 4.68 Å². The summed E-state index contributed by atoms with van der Waals surface area (Å²) in [6, 6.07) is 0.499. The molecule has 0 aliphatic rings. The van der Waals surface area contributed by atoms with E-state index in [-0.39, 0.29) is 0 Å². The summed E-state index contributed by atoms with van der Waals surface area (Å²) >= 11 is 0. The summed E-state index contributed by atoms with van der Waals surface area (Å²) in [7, 11) is 4.16. The third-order valence-electron chi connectivity index (χ3n) is 2.92. The molecule has 0 saturated carbocycles. The van der Waals surface area contributed by atoms with Gasteiger partial charge in [0.15, 0.2) is 0 Å². The van der Waals surface area contributed by atoms with E-state index in [1.54, 1.807) is 0 Å². The number of aromatic nitrogens is 2. The molecular formula is C13H26N4. The van der Waals surface area contributed by atoms with E-state index in [2.05, 4.69) is 50.1 Å². The molecule has 17 heavy (non-hydrogen) atoms. The second kappa shape index (κ2) is 6.05. The molecule has 0 radical (unpaired) electrons. The smallest absolute Gasteiger partial charge is 0.131 e. The molecule has 0 saturated heterocycles. The van der Waals surface area contributed by atoms with Crippen LogP contribution in [0.4, 0.5) is 5.82 Å². The Bertz CT molecular complexity index is 355. The van der Waals surface area contributed by atoms with Crippen LogP contribution in [0.1, 0.15) is 38.4 Å². The van der Waals surface area contributed by atoms with E-state index in [0.29, 0.717) is 6.04 Å². The van der Waals surface area contributed by atoms with Crippen molar-refractivity contribution in [2.75, 3.05) is 18.5 Å². The van der Waals surface area contributed by atoms with Crippen molar-refractivity contribution in [1.29, 1.82) is 0 Å². The Balaban J connectivity index is 2.93. The molecule has 0 aliphatic heterocycles. The summed E-state index contributed by atoms with van der Waals surface area (Å²) in [5.41, 5.74) is 2.44. The average Bonchev–Trinajstić information content (AvgIpc) is 2.50. The molecule has 0 atom stereocenters. The van der Waals surface area contributed by atoms with Gasteiger partial charge in [-0.2, -0.15) is 5.10 Å². The first-order valence-corrected chi connectivity index (χ1v) is 6.44. The topological polar surface area (TPSA) is 33.1 Å². The van der Waals surface area contributed by atoms with Gasteiger partial charge >= 0.3 is 0 Å². The highest BCUT2D eigenvalue weighted by atomic mass is 15.4. The van der Waals surface area contributed by atoms with Gasteiger partial charge in [0.1, 0.15) is 5.82 Å². The van der Waals surface area contributed by atoms with Crippen molar-refractivity contribution < 1.29 is 0 Å². The van der Waals surface area contributed by atoms with Gasteiger partial charge in [-0.15, -0.1) is 0 Å². The summed E-state index contributed by atoms with van der Waals surface area (Å²) in [5, 5.41) is 8.00. The molecule has 1 aromatic rings. The van der Waals surface area contributed by atoms with Crippen molar-refractivity contribution in [3.8, 4) is 0 Å². The maximum atomic E-state index is 4.53. The normalized spacial score (nSPS) is 11.2. The standard InChI is InChI=1S/C13H26N4/c1-7-8-16(5)13-12(9-14-10(2)3)11(4)15-17(13)6/h10,14H,7-9H2,1-6H3. The number of hydrogen-bond donors (Lipinski definition) is 1. The van der Waals surface area contributed by atoms with Gasteiger partial charge in [-0.05, 0) is 13.3 Å². The van der Waals surface area contributed by atoms with Crippen molar-refractivity contribution in [2.45, 2.75) is 46.7 Å². The minimum Gasteiger partial charge on any atom is -0.360 e. The van der Waals surface area contributed by atoms with Gasteiger partial charge in [0.25, 0.3) is 0 Å². The molecule has 0 aromatic carbocycles. The first-order chi connectivity index (χ1) is 7.97. The van der Waals surface area contributed by atoms with Crippen molar-refractivity contribution in [2.24, 2.45) is 7.05 Å². The number of nitrogens with one attached hydrogen (secondary N) is 1. The summed E-state index contributed by atoms with van der Waals surface area (Å²) in [5.74, 6) is 1.23. The molecule has 1 heterocycles. The largest absolute Gasteiger partial charge is 0.360 e. The summed E-state index contributed by atoms with van der Waals surface area (Å²) in [6.45, 7) is 10.6. The maximum absolute atomic E-state index is 4.53. The summed E-state index contributed by atoms with van der Waals surface area (Å²) < 4.78 is 1.99. The highest BCUT2D eigenvalue weighted by Crippen LogP contribution is 2.22. The molecule has 0 fully saturated rings. The minimum absolute atomic E-state index is 0.499. The Hall–Kier alpha value is -1.03.